The van der Waals surface area contributed by atoms with Crippen molar-refractivity contribution in [3.63, 3.8) is 0 Å². The van der Waals surface area contributed by atoms with Gasteiger partial charge in [-0.25, -0.2) is 4.79 Å². The van der Waals surface area contributed by atoms with Gasteiger partial charge in [0.25, 0.3) is 5.91 Å². The van der Waals surface area contributed by atoms with Gasteiger partial charge in [-0.05, 0) is 51.0 Å². The number of esters is 1. The van der Waals surface area contributed by atoms with Crippen LogP contribution >= 0.6 is 0 Å². The zero-order valence-corrected chi connectivity index (χ0v) is 13.9. The van der Waals surface area contributed by atoms with Gasteiger partial charge in [0.1, 0.15) is 5.75 Å². The highest BCUT2D eigenvalue weighted by atomic mass is 16.5. The second-order valence-corrected chi connectivity index (χ2v) is 5.88. The van der Waals surface area contributed by atoms with Crippen LogP contribution in [-0.2, 0) is 9.53 Å². The number of rotatable bonds is 7. The second kappa shape index (κ2) is 8.41. The lowest BCUT2D eigenvalue weighted by Gasteiger charge is -2.15. The zero-order valence-electron chi connectivity index (χ0n) is 13.9. The summed E-state index contributed by atoms with van der Waals surface area (Å²) in [4.78, 5) is 23.8. The monoisotopic (exact) mass is 307 g/mol. The van der Waals surface area contributed by atoms with E-state index in [1.807, 2.05) is 27.7 Å². The molecule has 0 heterocycles. The van der Waals surface area contributed by atoms with Crippen molar-refractivity contribution in [2.75, 3.05) is 6.54 Å². The molecule has 5 heteroatoms. The van der Waals surface area contributed by atoms with E-state index in [9.17, 15) is 9.59 Å². The molecular formula is C17H25NO4. The van der Waals surface area contributed by atoms with Crippen LogP contribution in [0.25, 0.3) is 0 Å². The third kappa shape index (κ3) is 6.16. The number of amides is 1. The van der Waals surface area contributed by atoms with Crippen LogP contribution in [0.4, 0.5) is 0 Å². The standard InChI is InChI=1S/C17H25NO4/c1-11(2)10-18-16(19)13(5)22-17(20)14-6-8-15(9-7-14)21-12(3)4/h6-9,11-13H,10H2,1-5H3,(H,18,19)/t13-/m0/s1. The summed E-state index contributed by atoms with van der Waals surface area (Å²) in [6.45, 7) is 9.97. The molecule has 0 aliphatic heterocycles. The lowest BCUT2D eigenvalue weighted by molar-refractivity contribution is -0.129. The van der Waals surface area contributed by atoms with Gasteiger partial charge in [-0.1, -0.05) is 13.8 Å². The van der Waals surface area contributed by atoms with Gasteiger partial charge in [0.05, 0.1) is 11.7 Å². The summed E-state index contributed by atoms with van der Waals surface area (Å²) in [7, 11) is 0. The van der Waals surface area contributed by atoms with Crippen LogP contribution in [0, 0.1) is 5.92 Å². The summed E-state index contributed by atoms with van der Waals surface area (Å²) in [5.41, 5.74) is 0.389. The molecule has 1 rings (SSSR count). The molecule has 1 aromatic rings. The summed E-state index contributed by atoms with van der Waals surface area (Å²) < 4.78 is 10.7. The number of carbonyl (C=O) groups excluding carboxylic acids is 2. The van der Waals surface area contributed by atoms with Crippen LogP contribution < -0.4 is 10.1 Å². The van der Waals surface area contributed by atoms with E-state index in [-0.39, 0.29) is 12.0 Å². The molecule has 0 aliphatic rings. The minimum Gasteiger partial charge on any atom is -0.491 e. The predicted octanol–water partition coefficient (Wildman–Crippen LogP) is 2.79. The van der Waals surface area contributed by atoms with Crippen LogP contribution in [0.15, 0.2) is 24.3 Å². The summed E-state index contributed by atoms with van der Waals surface area (Å²) >= 11 is 0. The number of ether oxygens (including phenoxy) is 2. The maximum Gasteiger partial charge on any atom is 0.338 e. The highest BCUT2D eigenvalue weighted by Gasteiger charge is 2.18. The molecule has 0 spiro atoms. The zero-order chi connectivity index (χ0) is 16.7. The Morgan fingerprint density at radius 3 is 2.14 bits per heavy atom. The molecule has 122 valence electrons. The second-order valence-electron chi connectivity index (χ2n) is 5.88. The van der Waals surface area contributed by atoms with Crippen LogP contribution in [-0.4, -0.2) is 30.6 Å². The maximum atomic E-state index is 12.0. The Hall–Kier alpha value is -2.04. The van der Waals surface area contributed by atoms with Gasteiger partial charge in [-0.15, -0.1) is 0 Å². The lowest BCUT2D eigenvalue weighted by Crippen LogP contribution is -2.37. The van der Waals surface area contributed by atoms with E-state index in [1.54, 1.807) is 31.2 Å². The first kappa shape index (κ1) is 18.0. The molecule has 0 saturated carbocycles. The van der Waals surface area contributed by atoms with Crippen molar-refractivity contribution < 1.29 is 19.1 Å². The Morgan fingerprint density at radius 2 is 1.64 bits per heavy atom. The minimum absolute atomic E-state index is 0.0717. The molecule has 0 aromatic heterocycles. The molecule has 22 heavy (non-hydrogen) atoms. The summed E-state index contributed by atoms with van der Waals surface area (Å²) in [5.74, 6) is 0.222. The minimum atomic E-state index is -0.821. The van der Waals surface area contributed by atoms with Crippen molar-refractivity contribution in [2.45, 2.75) is 46.8 Å². The van der Waals surface area contributed by atoms with Crippen molar-refractivity contribution in [1.29, 1.82) is 0 Å². The Balaban J connectivity index is 2.55. The van der Waals surface area contributed by atoms with Crippen LogP contribution in [0.1, 0.15) is 45.0 Å². The SMILES string of the molecule is CC(C)CNC(=O)[C@H](C)OC(=O)c1ccc(OC(C)C)cc1. The Labute approximate surface area is 132 Å². The molecule has 0 bridgehead atoms. The molecule has 0 radical (unpaired) electrons. The molecular weight excluding hydrogens is 282 g/mol. The van der Waals surface area contributed by atoms with Crippen molar-refractivity contribution in [1.82, 2.24) is 5.32 Å². The maximum absolute atomic E-state index is 12.0. The van der Waals surface area contributed by atoms with Gasteiger partial charge >= 0.3 is 5.97 Å². The molecule has 1 N–H and O–H groups in total. The Morgan fingerprint density at radius 1 is 1.05 bits per heavy atom. The number of nitrogens with one attached hydrogen (secondary N) is 1. The molecule has 0 fully saturated rings. The number of hydrogen-bond donors (Lipinski definition) is 1. The fourth-order valence-corrected chi connectivity index (χ4v) is 1.67. The number of benzene rings is 1. The van der Waals surface area contributed by atoms with Gasteiger partial charge in [0.2, 0.25) is 0 Å². The van der Waals surface area contributed by atoms with E-state index in [0.29, 0.717) is 23.8 Å². The van der Waals surface area contributed by atoms with E-state index in [2.05, 4.69) is 5.32 Å². The van der Waals surface area contributed by atoms with Crippen molar-refractivity contribution in [3.8, 4) is 5.75 Å². The molecule has 1 atom stereocenters. The first-order valence-corrected chi connectivity index (χ1v) is 7.55. The third-order valence-corrected chi connectivity index (χ3v) is 2.80. The van der Waals surface area contributed by atoms with Crippen LogP contribution in [0.5, 0.6) is 5.75 Å². The summed E-state index contributed by atoms with van der Waals surface area (Å²) in [6.07, 6.45) is -0.750. The van der Waals surface area contributed by atoms with Crippen LogP contribution in [0.2, 0.25) is 0 Å². The fourth-order valence-electron chi connectivity index (χ4n) is 1.67. The Bertz CT molecular complexity index is 494. The Kier molecular flexibility index (Phi) is 6.89. The highest BCUT2D eigenvalue weighted by molar-refractivity contribution is 5.92. The normalized spacial score (nSPS) is 12.1. The average Bonchev–Trinajstić information content (AvgIpc) is 2.44. The van der Waals surface area contributed by atoms with Crippen molar-refractivity contribution in [3.05, 3.63) is 29.8 Å². The van der Waals surface area contributed by atoms with E-state index in [0.717, 1.165) is 0 Å². The van der Waals surface area contributed by atoms with Crippen molar-refractivity contribution >= 4 is 11.9 Å². The molecule has 0 unspecified atom stereocenters. The largest absolute Gasteiger partial charge is 0.491 e. The van der Waals surface area contributed by atoms with Gasteiger partial charge in [0.15, 0.2) is 6.10 Å². The molecule has 0 saturated heterocycles. The van der Waals surface area contributed by atoms with Gasteiger partial charge in [0, 0.05) is 6.54 Å². The molecule has 1 aromatic carbocycles. The van der Waals surface area contributed by atoms with Gasteiger partial charge < -0.3 is 14.8 Å². The molecule has 0 aliphatic carbocycles. The van der Waals surface area contributed by atoms with E-state index in [4.69, 9.17) is 9.47 Å². The third-order valence-electron chi connectivity index (χ3n) is 2.80. The number of carbonyl (C=O) groups is 2. The van der Waals surface area contributed by atoms with Crippen molar-refractivity contribution in [2.24, 2.45) is 5.92 Å². The topological polar surface area (TPSA) is 64.6 Å². The quantitative estimate of drug-likeness (QED) is 0.787. The highest BCUT2D eigenvalue weighted by Crippen LogP contribution is 2.15. The van der Waals surface area contributed by atoms with E-state index in [1.165, 1.54) is 0 Å². The lowest BCUT2D eigenvalue weighted by atomic mass is 10.2. The summed E-state index contributed by atoms with van der Waals surface area (Å²) in [5, 5.41) is 2.73. The fraction of sp³-hybridized carbons (Fsp3) is 0.529. The van der Waals surface area contributed by atoms with E-state index >= 15 is 0 Å². The summed E-state index contributed by atoms with van der Waals surface area (Å²) in [6, 6.07) is 6.66. The van der Waals surface area contributed by atoms with Crippen LogP contribution in [0.3, 0.4) is 0 Å². The average molecular weight is 307 g/mol. The molecule has 1 amide bonds. The van der Waals surface area contributed by atoms with Gasteiger partial charge in [-0.2, -0.15) is 0 Å². The first-order valence-electron chi connectivity index (χ1n) is 7.55. The smallest absolute Gasteiger partial charge is 0.338 e. The predicted molar refractivity (Wildman–Crippen MR) is 84.9 cm³/mol. The van der Waals surface area contributed by atoms with Gasteiger partial charge in [-0.3, -0.25) is 4.79 Å². The van der Waals surface area contributed by atoms with E-state index < -0.39 is 12.1 Å². The molecule has 5 nitrogen and oxygen atoms in total. The number of hydrogen-bond acceptors (Lipinski definition) is 4. The first-order chi connectivity index (χ1) is 10.3.